The highest BCUT2D eigenvalue weighted by atomic mass is 28.3. The summed E-state index contributed by atoms with van der Waals surface area (Å²) in [5.74, 6) is 1.34. The summed E-state index contributed by atoms with van der Waals surface area (Å²) in [6.45, 7) is 12.0. The second-order valence-corrected chi connectivity index (χ2v) is 13.8. The van der Waals surface area contributed by atoms with Crippen LogP contribution in [-0.2, 0) is 17.9 Å². The van der Waals surface area contributed by atoms with Gasteiger partial charge in [-0.1, -0.05) is 61.2 Å². The molecule has 0 amide bonds. The molecule has 0 radical (unpaired) electrons. The van der Waals surface area contributed by atoms with Gasteiger partial charge in [0, 0.05) is 6.54 Å². The number of allylic oxidation sites excluding steroid dienone is 1. The summed E-state index contributed by atoms with van der Waals surface area (Å²) in [6.07, 6.45) is 0. The van der Waals surface area contributed by atoms with Crippen LogP contribution in [0.2, 0.25) is 19.6 Å². The molecule has 0 fully saturated rings. The number of hydrogen-bond acceptors (Lipinski definition) is 4. The van der Waals surface area contributed by atoms with Crippen molar-refractivity contribution >= 4 is 24.6 Å². The molecular formula is C26H31N3O2Si. The van der Waals surface area contributed by atoms with Gasteiger partial charge in [0.2, 0.25) is 0 Å². The van der Waals surface area contributed by atoms with Gasteiger partial charge >= 0.3 is 0 Å². The van der Waals surface area contributed by atoms with E-state index in [-0.39, 0.29) is 0 Å². The SMILES string of the molecule is CCn1nc(C)cc1/C(OCc1ccc(OC)cc1)=C(/C#N)c1ccc([Si](C)(C)C)cc1. The molecule has 0 saturated carbocycles. The molecular weight excluding hydrogens is 414 g/mol. The van der Waals surface area contributed by atoms with E-state index in [4.69, 9.17) is 9.47 Å². The van der Waals surface area contributed by atoms with Gasteiger partial charge < -0.3 is 9.47 Å². The third-order valence-corrected chi connectivity index (χ3v) is 7.42. The standard InChI is InChI=1S/C26H31N3O2Si/c1-7-29-25(16-19(2)28-29)26(31-18-20-8-12-22(30-3)13-9-20)24(17-27)21-10-14-23(15-11-21)32(4,5)6/h8-16H,7,18H2,1-6H3/b26-24+. The number of benzene rings is 2. The Kier molecular flexibility index (Phi) is 7.21. The van der Waals surface area contributed by atoms with E-state index in [0.717, 1.165) is 28.3 Å². The summed E-state index contributed by atoms with van der Waals surface area (Å²) in [5.41, 5.74) is 4.05. The lowest BCUT2D eigenvalue weighted by Gasteiger charge is -2.18. The Balaban J connectivity index is 2.06. The number of aryl methyl sites for hydroxylation is 2. The first-order valence-electron chi connectivity index (χ1n) is 10.8. The summed E-state index contributed by atoms with van der Waals surface area (Å²) in [7, 11) is 0.221. The zero-order chi connectivity index (χ0) is 23.3. The highest BCUT2D eigenvalue weighted by Gasteiger charge is 2.20. The molecule has 166 valence electrons. The fraction of sp³-hybridized carbons (Fsp3) is 0.308. The lowest BCUT2D eigenvalue weighted by Crippen LogP contribution is -2.37. The van der Waals surface area contributed by atoms with Crippen molar-refractivity contribution in [3.05, 3.63) is 77.1 Å². The molecule has 0 aliphatic heterocycles. The number of nitriles is 1. The molecule has 3 aromatic rings. The fourth-order valence-corrected chi connectivity index (χ4v) is 4.67. The summed E-state index contributed by atoms with van der Waals surface area (Å²) < 4.78 is 13.4. The van der Waals surface area contributed by atoms with E-state index < -0.39 is 8.07 Å². The van der Waals surface area contributed by atoms with Gasteiger partial charge in [0.25, 0.3) is 0 Å². The topological polar surface area (TPSA) is 60.1 Å². The van der Waals surface area contributed by atoms with Crippen LogP contribution in [-0.4, -0.2) is 25.0 Å². The second kappa shape index (κ2) is 9.88. The number of hydrogen-bond donors (Lipinski definition) is 0. The van der Waals surface area contributed by atoms with E-state index >= 15 is 0 Å². The van der Waals surface area contributed by atoms with Gasteiger partial charge in [0.05, 0.1) is 20.9 Å². The third-order valence-electron chi connectivity index (χ3n) is 5.35. The molecule has 0 N–H and O–H groups in total. The molecule has 32 heavy (non-hydrogen) atoms. The number of nitrogens with zero attached hydrogens (tertiary/aromatic N) is 3. The van der Waals surface area contributed by atoms with Crippen molar-refractivity contribution in [3.63, 3.8) is 0 Å². The smallest absolute Gasteiger partial charge is 0.163 e. The molecule has 1 aromatic heterocycles. The van der Waals surface area contributed by atoms with Crippen LogP contribution >= 0.6 is 0 Å². The van der Waals surface area contributed by atoms with Crippen LogP contribution in [0.1, 0.15) is 29.4 Å². The van der Waals surface area contributed by atoms with Gasteiger partial charge in [0.15, 0.2) is 5.76 Å². The lowest BCUT2D eigenvalue weighted by molar-refractivity contribution is 0.262. The van der Waals surface area contributed by atoms with E-state index in [1.807, 2.05) is 61.0 Å². The number of rotatable bonds is 8. The maximum Gasteiger partial charge on any atom is 0.163 e. The first-order valence-corrected chi connectivity index (χ1v) is 14.3. The summed E-state index contributed by atoms with van der Waals surface area (Å²) in [6, 6.07) is 20.5. The van der Waals surface area contributed by atoms with Crippen molar-refractivity contribution in [2.45, 2.75) is 46.6 Å². The Morgan fingerprint density at radius 2 is 1.72 bits per heavy atom. The van der Waals surface area contributed by atoms with Crippen LogP contribution < -0.4 is 9.92 Å². The van der Waals surface area contributed by atoms with E-state index in [9.17, 15) is 5.26 Å². The van der Waals surface area contributed by atoms with Crippen molar-refractivity contribution in [3.8, 4) is 11.8 Å². The molecule has 0 unspecified atom stereocenters. The minimum Gasteiger partial charge on any atom is -0.497 e. The normalized spacial score (nSPS) is 12.2. The monoisotopic (exact) mass is 445 g/mol. The molecule has 1 heterocycles. The van der Waals surface area contributed by atoms with Crippen molar-refractivity contribution in [2.75, 3.05) is 7.11 Å². The van der Waals surface area contributed by atoms with Crippen LogP contribution in [0.3, 0.4) is 0 Å². The quantitative estimate of drug-likeness (QED) is 0.266. The molecule has 0 aliphatic carbocycles. The fourth-order valence-electron chi connectivity index (χ4n) is 3.50. The molecule has 0 atom stereocenters. The van der Waals surface area contributed by atoms with Crippen molar-refractivity contribution in [1.82, 2.24) is 9.78 Å². The highest BCUT2D eigenvalue weighted by molar-refractivity contribution is 6.88. The highest BCUT2D eigenvalue weighted by Crippen LogP contribution is 2.29. The van der Waals surface area contributed by atoms with E-state index in [1.165, 1.54) is 5.19 Å². The molecule has 2 aromatic carbocycles. The molecule has 6 heteroatoms. The average molecular weight is 446 g/mol. The van der Waals surface area contributed by atoms with Gasteiger partial charge in [-0.2, -0.15) is 10.4 Å². The first kappa shape index (κ1) is 23.4. The predicted molar refractivity (Wildman–Crippen MR) is 132 cm³/mol. The Hall–Kier alpha value is -3.30. The Morgan fingerprint density at radius 3 is 2.25 bits per heavy atom. The van der Waals surface area contributed by atoms with Gasteiger partial charge in [-0.15, -0.1) is 0 Å². The maximum absolute atomic E-state index is 10.2. The summed E-state index contributed by atoms with van der Waals surface area (Å²) in [5, 5.41) is 16.1. The Labute approximate surface area is 191 Å². The van der Waals surface area contributed by atoms with E-state index in [2.05, 4.69) is 42.9 Å². The van der Waals surface area contributed by atoms with Crippen molar-refractivity contribution in [2.24, 2.45) is 0 Å². The van der Waals surface area contributed by atoms with Crippen LogP contribution in [0.25, 0.3) is 11.3 Å². The summed E-state index contributed by atoms with van der Waals surface area (Å²) in [4.78, 5) is 0. The number of methoxy groups -OCH3 is 1. The molecule has 0 saturated heterocycles. The van der Waals surface area contributed by atoms with Gasteiger partial charge in [0.1, 0.15) is 29.7 Å². The first-order chi connectivity index (χ1) is 15.3. The lowest BCUT2D eigenvalue weighted by atomic mass is 10.0. The van der Waals surface area contributed by atoms with Gasteiger partial charge in [-0.05, 0) is 43.2 Å². The zero-order valence-electron chi connectivity index (χ0n) is 19.8. The minimum absolute atomic E-state index is 0.339. The van der Waals surface area contributed by atoms with Crippen molar-refractivity contribution in [1.29, 1.82) is 5.26 Å². The van der Waals surface area contributed by atoms with Crippen LogP contribution in [0.15, 0.2) is 54.6 Å². The second-order valence-electron chi connectivity index (χ2n) is 8.77. The maximum atomic E-state index is 10.2. The molecule has 5 nitrogen and oxygen atoms in total. The van der Waals surface area contributed by atoms with E-state index in [0.29, 0.717) is 24.5 Å². The summed E-state index contributed by atoms with van der Waals surface area (Å²) >= 11 is 0. The van der Waals surface area contributed by atoms with Crippen molar-refractivity contribution < 1.29 is 9.47 Å². The third kappa shape index (κ3) is 5.30. The zero-order valence-corrected chi connectivity index (χ0v) is 20.8. The number of aromatic nitrogens is 2. The Bertz CT molecular complexity index is 1130. The average Bonchev–Trinajstić information content (AvgIpc) is 3.17. The Morgan fingerprint density at radius 1 is 1.06 bits per heavy atom. The van der Waals surface area contributed by atoms with Crippen LogP contribution in [0, 0.1) is 18.3 Å². The molecule has 3 rings (SSSR count). The largest absolute Gasteiger partial charge is 0.497 e. The molecule has 0 bridgehead atoms. The van der Waals surface area contributed by atoms with Crippen LogP contribution in [0.4, 0.5) is 0 Å². The minimum atomic E-state index is -1.43. The van der Waals surface area contributed by atoms with Gasteiger partial charge in [-0.25, -0.2) is 0 Å². The van der Waals surface area contributed by atoms with Gasteiger partial charge in [-0.3, -0.25) is 4.68 Å². The molecule has 0 aliphatic rings. The number of ether oxygens (including phenoxy) is 2. The molecule has 0 spiro atoms. The van der Waals surface area contributed by atoms with Crippen LogP contribution in [0.5, 0.6) is 5.75 Å². The van der Waals surface area contributed by atoms with E-state index in [1.54, 1.807) is 7.11 Å². The predicted octanol–water partition coefficient (Wildman–Crippen LogP) is 5.37.